The summed E-state index contributed by atoms with van der Waals surface area (Å²) in [5.74, 6) is 0.449. The fraction of sp³-hybridized carbons (Fsp3) is 0.130. The average molecular weight is 528 g/mol. The molecule has 1 aromatic carbocycles. The Balaban J connectivity index is 1.57. The zero-order valence-electron chi connectivity index (χ0n) is 19.3. The van der Waals surface area contributed by atoms with Gasteiger partial charge in [0, 0.05) is 37.8 Å². The second kappa shape index (κ2) is 9.46. The lowest BCUT2D eigenvalue weighted by Crippen LogP contribution is -2.05. The number of fused-ring (bicyclic) bond motifs is 1. The largest absolute Gasteiger partial charge is 0.452 e. The number of halogens is 2. The van der Waals surface area contributed by atoms with Gasteiger partial charge in [0.05, 0.1) is 17.2 Å². The molecule has 1 N–H and O–H groups in total. The number of alkyl halides is 2. The van der Waals surface area contributed by atoms with E-state index in [0.29, 0.717) is 22.6 Å². The lowest BCUT2D eigenvalue weighted by Gasteiger charge is -2.14. The number of pyridine rings is 2. The topological polar surface area (TPSA) is 134 Å². The predicted molar refractivity (Wildman–Crippen MR) is 127 cm³/mol. The van der Waals surface area contributed by atoms with E-state index in [0.717, 1.165) is 6.26 Å². The second-order valence-electron chi connectivity index (χ2n) is 7.77. The van der Waals surface area contributed by atoms with Gasteiger partial charge >= 0.3 is 6.61 Å². The summed E-state index contributed by atoms with van der Waals surface area (Å²) in [5, 5.41) is 4.21. The number of aryl methyl sites for hydroxylation is 1. The highest BCUT2D eigenvalue weighted by Gasteiger charge is 2.19. The van der Waals surface area contributed by atoms with Gasteiger partial charge in [-0.25, -0.2) is 23.4 Å². The summed E-state index contributed by atoms with van der Waals surface area (Å²) >= 11 is 0. The van der Waals surface area contributed by atoms with Gasteiger partial charge in [-0.2, -0.15) is 13.9 Å². The van der Waals surface area contributed by atoms with E-state index in [1.54, 1.807) is 36.1 Å². The van der Waals surface area contributed by atoms with Crippen molar-refractivity contribution in [3.63, 3.8) is 0 Å². The molecule has 0 fully saturated rings. The smallest absolute Gasteiger partial charge is 0.388 e. The quantitative estimate of drug-likeness (QED) is 0.312. The van der Waals surface area contributed by atoms with E-state index in [-0.39, 0.29) is 28.0 Å². The minimum Gasteiger partial charge on any atom is -0.452 e. The van der Waals surface area contributed by atoms with E-state index in [4.69, 9.17) is 9.47 Å². The monoisotopic (exact) mass is 528 g/mol. The molecule has 0 aliphatic heterocycles. The molecule has 5 rings (SSSR count). The number of benzene rings is 1. The Labute approximate surface area is 208 Å². The Morgan fingerprint density at radius 3 is 2.51 bits per heavy atom. The Morgan fingerprint density at radius 2 is 1.84 bits per heavy atom. The number of hydrogen-bond acceptors (Lipinski definition) is 9. The van der Waals surface area contributed by atoms with Crippen LogP contribution in [-0.2, 0) is 16.9 Å². The molecule has 0 unspecified atom stereocenters. The van der Waals surface area contributed by atoms with Gasteiger partial charge in [-0.15, -0.1) is 0 Å². The summed E-state index contributed by atoms with van der Waals surface area (Å²) in [6, 6.07) is 10.6. The zero-order valence-corrected chi connectivity index (χ0v) is 20.1. The van der Waals surface area contributed by atoms with Crippen molar-refractivity contribution >= 4 is 20.9 Å². The van der Waals surface area contributed by atoms with Gasteiger partial charge in [-0.3, -0.25) is 4.68 Å². The third-order valence-corrected chi connectivity index (χ3v) is 5.98. The minimum atomic E-state index is -3.50. The molecular formula is C23H18F2N6O5S. The summed E-state index contributed by atoms with van der Waals surface area (Å²) < 4.78 is 67.1. The maximum atomic E-state index is 12.9. The molecule has 0 atom stereocenters. The fourth-order valence-corrected chi connectivity index (χ4v) is 3.92. The van der Waals surface area contributed by atoms with Crippen molar-refractivity contribution in [3.05, 3.63) is 61.1 Å². The van der Waals surface area contributed by atoms with Crippen LogP contribution >= 0.6 is 0 Å². The van der Waals surface area contributed by atoms with Crippen LogP contribution in [-0.4, -0.2) is 51.0 Å². The number of H-pyrrole nitrogens is 1. The normalized spacial score (nSPS) is 11.7. The number of aromatic nitrogens is 6. The minimum absolute atomic E-state index is 0.0852. The number of nitrogens with one attached hydrogen (secondary N) is 1. The van der Waals surface area contributed by atoms with Gasteiger partial charge in [0.25, 0.3) is 5.88 Å². The molecule has 4 heterocycles. The van der Waals surface area contributed by atoms with Crippen molar-refractivity contribution in [2.24, 2.45) is 7.05 Å². The first-order valence-electron chi connectivity index (χ1n) is 10.6. The van der Waals surface area contributed by atoms with Crippen molar-refractivity contribution in [1.82, 2.24) is 29.7 Å². The van der Waals surface area contributed by atoms with Gasteiger partial charge in [0.1, 0.15) is 11.4 Å². The SMILES string of the molecule is Cn1ccc(-c2nc3cc(Oc4cccnc4OC(F)F)c(Oc4ccc(S(C)(=O)=O)nc4)cc3[nH]2)n1. The van der Waals surface area contributed by atoms with E-state index in [9.17, 15) is 17.2 Å². The lowest BCUT2D eigenvalue weighted by atomic mass is 10.2. The number of nitrogens with zero attached hydrogens (tertiary/aromatic N) is 5. The molecule has 0 spiro atoms. The molecule has 11 nitrogen and oxygen atoms in total. The van der Waals surface area contributed by atoms with Crippen molar-refractivity contribution in [3.8, 4) is 40.4 Å². The molecule has 0 saturated carbocycles. The van der Waals surface area contributed by atoms with Gasteiger partial charge in [-0.05, 0) is 30.3 Å². The van der Waals surface area contributed by atoms with Crippen molar-refractivity contribution in [2.75, 3.05) is 6.26 Å². The third-order valence-electron chi connectivity index (χ3n) is 4.98. The maximum absolute atomic E-state index is 12.9. The highest BCUT2D eigenvalue weighted by molar-refractivity contribution is 7.90. The molecule has 0 saturated heterocycles. The van der Waals surface area contributed by atoms with Crippen LogP contribution in [0.1, 0.15) is 0 Å². The van der Waals surface area contributed by atoms with Gasteiger partial charge < -0.3 is 19.2 Å². The van der Waals surface area contributed by atoms with E-state index < -0.39 is 22.3 Å². The molecule has 14 heteroatoms. The number of hydrogen-bond donors (Lipinski definition) is 1. The first-order valence-corrected chi connectivity index (χ1v) is 12.5. The highest BCUT2D eigenvalue weighted by atomic mass is 32.2. The van der Waals surface area contributed by atoms with Crippen LogP contribution in [0, 0.1) is 0 Å². The summed E-state index contributed by atoms with van der Waals surface area (Å²) in [4.78, 5) is 15.4. The van der Waals surface area contributed by atoms with Crippen LogP contribution in [0.3, 0.4) is 0 Å². The zero-order chi connectivity index (χ0) is 26.2. The second-order valence-corrected chi connectivity index (χ2v) is 9.73. The summed E-state index contributed by atoms with van der Waals surface area (Å²) in [7, 11) is -1.72. The van der Waals surface area contributed by atoms with Crippen LogP contribution in [0.4, 0.5) is 8.78 Å². The van der Waals surface area contributed by atoms with Crippen LogP contribution < -0.4 is 14.2 Å². The number of sulfone groups is 1. The first kappa shape index (κ1) is 24.1. The van der Waals surface area contributed by atoms with Crippen LogP contribution in [0.2, 0.25) is 0 Å². The standard InChI is InChI=1S/C23H18F2N6O5S/c1-31-9-7-14(30-31)21-28-15-10-18(34-13-5-6-20(27-12-13)37(2,32)33)19(11-16(15)29-21)35-17-4-3-8-26-22(17)36-23(24)25/h3-12,23H,1-2H3,(H,28,29). The highest BCUT2D eigenvalue weighted by Crippen LogP contribution is 2.40. The van der Waals surface area contributed by atoms with E-state index in [1.165, 1.54) is 36.7 Å². The maximum Gasteiger partial charge on any atom is 0.388 e. The van der Waals surface area contributed by atoms with Crippen LogP contribution in [0.5, 0.6) is 28.9 Å². The summed E-state index contributed by atoms with van der Waals surface area (Å²) in [5.41, 5.74) is 1.65. The lowest BCUT2D eigenvalue weighted by molar-refractivity contribution is -0.0541. The molecule has 0 amide bonds. The van der Waals surface area contributed by atoms with Crippen molar-refractivity contribution in [2.45, 2.75) is 11.6 Å². The van der Waals surface area contributed by atoms with Gasteiger partial charge in [0.2, 0.25) is 0 Å². The van der Waals surface area contributed by atoms with Crippen molar-refractivity contribution in [1.29, 1.82) is 0 Å². The number of imidazole rings is 1. The molecule has 190 valence electrons. The molecule has 0 radical (unpaired) electrons. The molecule has 0 aliphatic rings. The van der Waals surface area contributed by atoms with Gasteiger partial charge in [-0.1, -0.05) is 0 Å². The predicted octanol–water partition coefficient (Wildman–Crippen LogP) is 4.34. The number of rotatable bonds is 8. The Hall–Kier alpha value is -4.59. The van der Waals surface area contributed by atoms with Crippen molar-refractivity contribution < 1.29 is 31.4 Å². The first-order chi connectivity index (χ1) is 17.7. The third kappa shape index (κ3) is 5.33. The molecule has 0 aliphatic carbocycles. The molecule has 5 aromatic rings. The number of aromatic amines is 1. The van der Waals surface area contributed by atoms with Crippen LogP contribution in [0.25, 0.3) is 22.6 Å². The Morgan fingerprint density at radius 1 is 1.03 bits per heavy atom. The van der Waals surface area contributed by atoms with E-state index in [1.807, 2.05) is 0 Å². The fourth-order valence-electron chi connectivity index (χ4n) is 3.36. The Bertz CT molecular complexity index is 1690. The summed E-state index contributed by atoms with van der Waals surface area (Å²) in [6.45, 7) is -3.11. The van der Waals surface area contributed by atoms with E-state index >= 15 is 0 Å². The molecule has 37 heavy (non-hydrogen) atoms. The van der Waals surface area contributed by atoms with Crippen LogP contribution in [0.15, 0.2) is 66.1 Å². The molecule has 4 aromatic heterocycles. The van der Waals surface area contributed by atoms with E-state index in [2.05, 4.69) is 29.8 Å². The summed E-state index contributed by atoms with van der Waals surface area (Å²) in [6.07, 6.45) is 5.34. The Kier molecular flexibility index (Phi) is 6.17. The molecule has 0 bridgehead atoms. The van der Waals surface area contributed by atoms with Gasteiger partial charge in [0.15, 0.2) is 37.9 Å². The average Bonchev–Trinajstić information content (AvgIpc) is 3.45. The molecular weight excluding hydrogens is 510 g/mol. The number of ether oxygens (including phenoxy) is 3.